The van der Waals surface area contributed by atoms with Crippen molar-refractivity contribution in [1.29, 1.82) is 0 Å². The molecule has 0 aromatic heterocycles. The maximum atomic E-state index is 12.5. The minimum absolute atomic E-state index is 0.227. The van der Waals surface area contributed by atoms with E-state index in [2.05, 4.69) is 0 Å². The first-order valence-electron chi connectivity index (χ1n) is 8.12. The van der Waals surface area contributed by atoms with E-state index in [0.717, 1.165) is 16.3 Å². The molecule has 3 rings (SSSR count). The molecule has 130 valence electrons. The lowest BCUT2D eigenvalue weighted by Gasteiger charge is -2.28. The van der Waals surface area contributed by atoms with Crippen molar-refractivity contribution in [3.63, 3.8) is 0 Å². The fourth-order valence-electron chi connectivity index (χ4n) is 2.63. The number of carbonyl (C=O) groups is 2. The first-order valence-corrected chi connectivity index (χ1v) is 9.10. The number of ether oxygens (including phenoxy) is 2. The van der Waals surface area contributed by atoms with Gasteiger partial charge in [-0.25, -0.2) is 4.79 Å². The standard InChI is InChI=1S/C19H19NO4S/c1-2-23-16-9-5-3-7-14(16)19(22)24-13-18(21)20-11-12-25-17-10-6-4-8-15(17)20/h3-10H,2,11-13H2,1H3. The van der Waals surface area contributed by atoms with Gasteiger partial charge in [-0.1, -0.05) is 24.3 Å². The predicted molar refractivity (Wildman–Crippen MR) is 97.4 cm³/mol. The van der Waals surface area contributed by atoms with Crippen LogP contribution in [0.3, 0.4) is 0 Å². The maximum Gasteiger partial charge on any atom is 0.342 e. The molecule has 2 aromatic carbocycles. The van der Waals surface area contributed by atoms with Gasteiger partial charge in [0.2, 0.25) is 0 Å². The summed E-state index contributed by atoms with van der Waals surface area (Å²) < 4.78 is 10.7. The van der Waals surface area contributed by atoms with Crippen LogP contribution in [0.5, 0.6) is 5.75 Å². The number of amides is 1. The number of nitrogens with zero attached hydrogens (tertiary/aromatic N) is 1. The number of hydrogen-bond acceptors (Lipinski definition) is 5. The molecule has 2 aromatic rings. The molecule has 0 fully saturated rings. The second kappa shape index (κ2) is 8.07. The Hall–Kier alpha value is -2.47. The summed E-state index contributed by atoms with van der Waals surface area (Å²) in [4.78, 5) is 27.6. The molecule has 1 amide bonds. The molecule has 0 saturated carbocycles. The summed E-state index contributed by atoms with van der Waals surface area (Å²) in [5.41, 5.74) is 1.20. The van der Waals surface area contributed by atoms with E-state index in [4.69, 9.17) is 9.47 Å². The largest absolute Gasteiger partial charge is 0.493 e. The van der Waals surface area contributed by atoms with Crippen molar-refractivity contribution in [2.45, 2.75) is 11.8 Å². The predicted octanol–water partition coefficient (Wildman–Crippen LogP) is 3.38. The van der Waals surface area contributed by atoms with E-state index in [1.807, 2.05) is 31.2 Å². The summed E-state index contributed by atoms with van der Waals surface area (Å²) in [5, 5.41) is 0. The topological polar surface area (TPSA) is 55.8 Å². The second-order valence-corrected chi connectivity index (χ2v) is 6.50. The third kappa shape index (κ3) is 3.96. The Bertz CT molecular complexity index is 778. The van der Waals surface area contributed by atoms with Gasteiger partial charge in [0, 0.05) is 17.2 Å². The first-order chi connectivity index (χ1) is 12.2. The van der Waals surface area contributed by atoms with Gasteiger partial charge in [-0.05, 0) is 31.2 Å². The van der Waals surface area contributed by atoms with Gasteiger partial charge in [0.05, 0.1) is 12.3 Å². The molecule has 0 saturated heterocycles. The van der Waals surface area contributed by atoms with Crippen LogP contribution < -0.4 is 9.64 Å². The van der Waals surface area contributed by atoms with Gasteiger partial charge in [0.25, 0.3) is 5.91 Å². The first kappa shape index (κ1) is 17.4. The van der Waals surface area contributed by atoms with Crippen LogP contribution in [-0.4, -0.2) is 37.4 Å². The van der Waals surface area contributed by atoms with E-state index in [1.54, 1.807) is 40.9 Å². The van der Waals surface area contributed by atoms with Crippen LogP contribution in [-0.2, 0) is 9.53 Å². The van der Waals surface area contributed by atoms with Crippen LogP contribution >= 0.6 is 11.8 Å². The van der Waals surface area contributed by atoms with Crippen molar-refractivity contribution in [1.82, 2.24) is 0 Å². The summed E-state index contributed by atoms with van der Waals surface area (Å²) in [6.45, 7) is 2.61. The van der Waals surface area contributed by atoms with Gasteiger partial charge in [0.1, 0.15) is 11.3 Å². The number of rotatable bonds is 5. The molecular formula is C19H19NO4S. The molecule has 0 radical (unpaired) electrons. The van der Waals surface area contributed by atoms with Gasteiger partial charge in [-0.2, -0.15) is 0 Å². The molecule has 0 atom stereocenters. The fraction of sp³-hybridized carbons (Fsp3) is 0.263. The van der Waals surface area contributed by atoms with Crippen molar-refractivity contribution in [3.05, 3.63) is 54.1 Å². The molecule has 0 spiro atoms. The number of carbonyl (C=O) groups excluding carboxylic acids is 2. The maximum absolute atomic E-state index is 12.5. The molecule has 5 nitrogen and oxygen atoms in total. The quantitative estimate of drug-likeness (QED) is 0.768. The van der Waals surface area contributed by atoms with E-state index in [0.29, 0.717) is 24.5 Å². The monoisotopic (exact) mass is 357 g/mol. The Morgan fingerprint density at radius 2 is 1.88 bits per heavy atom. The molecule has 0 aliphatic carbocycles. The normalized spacial score (nSPS) is 13.1. The van der Waals surface area contributed by atoms with Gasteiger partial charge in [-0.15, -0.1) is 11.8 Å². The lowest BCUT2D eigenvalue weighted by molar-refractivity contribution is -0.121. The number of thioether (sulfide) groups is 1. The third-order valence-electron chi connectivity index (χ3n) is 3.76. The van der Waals surface area contributed by atoms with Crippen molar-refractivity contribution < 1.29 is 19.1 Å². The molecule has 1 aliphatic rings. The second-order valence-electron chi connectivity index (χ2n) is 5.37. The molecular weight excluding hydrogens is 338 g/mol. The Morgan fingerprint density at radius 3 is 2.72 bits per heavy atom. The van der Waals surface area contributed by atoms with E-state index >= 15 is 0 Å². The van der Waals surface area contributed by atoms with Gasteiger partial charge in [0.15, 0.2) is 6.61 Å². The van der Waals surface area contributed by atoms with Gasteiger partial charge < -0.3 is 14.4 Å². The summed E-state index contributed by atoms with van der Waals surface area (Å²) in [6.07, 6.45) is 0. The lowest BCUT2D eigenvalue weighted by atomic mass is 10.2. The number of para-hydroxylation sites is 2. The van der Waals surface area contributed by atoms with Crippen molar-refractivity contribution in [3.8, 4) is 5.75 Å². The van der Waals surface area contributed by atoms with Crippen molar-refractivity contribution in [2.75, 3.05) is 30.4 Å². The molecule has 25 heavy (non-hydrogen) atoms. The van der Waals surface area contributed by atoms with Gasteiger partial charge in [-0.3, -0.25) is 4.79 Å². The number of anilines is 1. The van der Waals surface area contributed by atoms with Crippen molar-refractivity contribution in [2.24, 2.45) is 0 Å². The molecule has 1 heterocycles. The Kier molecular flexibility index (Phi) is 5.60. The summed E-state index contributed by atoms with van der Waals surface area (Å²) in [6, 6.07) is 14.6. The van der Waals surface area contributed by atoms with Crippen LogP contribution in [0.2, 0.25) is 0 Å². The fourth-order valence-corrected chi connectivity index (χ4v) is 3.62. The highest BCUT2D eigenvalue weighted by Gasteiger charge is 2.24. The zero-order valence-corrected chi connectivity index (χ0v) is 14.8. The van der Waals surface area contributed by atoms with E-state index < -0.39 is 5.97 Å². The highest BCUT2D eigenvalue weighted by atomic mass is 32.2. The van der Waals surface area contributed by atoms with Crippen LogP contribution in [0.1, 0.15) is 17.3 Å². The Morgan fingerprint density at radius 1 is 1.12 bits per heavy atom. The van der Waals surface area contributed by atoms with Gasteiger partial charge >= 0.3 is 5.97 Å². The Labute approximate surface area is 150 Å². The zero-order chi connectivity index (χ0) is 17.6. The molecule has 0 unspecified atom stereocenters. The highest BCUT2D eigenvalue weighted by molar-refractivity contribution is 7.99. The number of benzene rings is 2. The average molecular weight is 357 g/mol. The van der Waals surface area contributed by atoms with Crippen LogP contribution in [0.4, 0.5) is 5.69 Å². The SMILES string of the molecule is CCOc1ccccc1C(=O)OCC(=O)N1CCSc2ccccc21. The molecule has 6 heteroatoms. The smallest absolute Gasteiger partial charge is 0.342 e. The third-order valence-corrected chi connectivity index (χ3v) is 4.81. The molecule has 0 N–H and O–H groups in total. The van der Waals surface area contributed by atoms with Crippen LogP contribution in [0.15, 0.2) is 53.4 Å². The number of esters is 1. The Balaban J connectivity index is 1.66. The van der Waals surface area contributed by atoms with Crippen LogP contribution in [0, 0.1) is 0 Å². The van der Waals surface area contributed by atoms with E-state index in [9.17, 15) is 9.59 Å². The van der Waals surface area contributed by atoms with E-state index in [1.165, 1.54) is 0 Å². The zero-order valence-electron chi connectivity index (χ0n) is 13.9. The average Bonchev–Trinajstić information content (AvgIpc) is 2.66. The van der Waals surface area contributed by atoms with Crippen LogP contribution in [0.25, 0.3) is 0 Å². The minimum Gasteiger partial charge on any atom is -0.493 e. The summed E-state index contributed by atoms with van der Waals surface area (Å²) in [5.74, 6) is 0.498. The summed E-state index contributed by atoms with van der Waals surface area (Å²) in [7, 11) is 0. The molecule has 1 aliphatic heterocycles. The molecule has 0 bridgehead atoms. The van der Waals surface area contributed by atoms with E-state index in [-0.39, 0.29) is 12.5 Å². The number of fused-ring (bicyclic) bond motifs is 1. The van der Waals surface area contributed by atoms with Crippen molar-refractivity contribution >= 4 is 29.3 Å². The minimum atomic E-state index is -0.558. The summed E-state index contributed by atoms with van der Waals surface area (Å²) >= 11 is 1.72. The lowest BCUT2D eigenvalue weighted by Crippen LogP contribution is -2.38. The highest BCUT2D eigenvalue weighted by Crippen LogP contribution is 2.34. The number of hydrogen-bond donors (Lipinski definition) is 0.